The summed E-state index contributed by atoms with van der Waals surface area (Å²) >= 11 is 0. The Hall–Kier alpha value is -1.22. The van der Waals surface area contributed by atoms with Crippen LogP contribution in [0.2, 0.25) is 0 Å². The van der Waals surface area contributed by atoms with E-state index in [9.17, 15) is 8.42 Å². The van der Waals surface area contributed by atoms with Gasteiger partial charge in [-0.25, -0.2) is 19.2 Å². The van der Waals surface area contributed by atoms with Crippen molar-refractivity contribution < 1.29 is 8.42 Å². The van der Waals surface area contributed by atoms with Crippen molar-refractivity contribution in [3.8, 4) is 0 Å². The van der Waals surface area contributed by atoms with E-state index in [1.54, 1.807) is 4.31 Å². The third kappa shape index (κ3) is 2.89. The lowest BCUT2D eigenvalue weighted by Gasteiger charge is -2.25. The van der Waals surface area contributed by atoms with Crippen molar-refractivity contribution in [2.45, 2.75) is 30.2 Å². The van der Waals surface area contributed by atoms with Gasteiger partial charge in [0.2, 0.25) is 10.0 Å². The molecule has 1 aromatic rings. The number of hydrogen-bond acceptors (Lipinski definition) is 6. The van der Waals surface area contributed by atoms with Crippen LogP contribution in [0.4, 0.5) is 5.82 Å². The van der Waals surface area contributed by atoms with Crippen LogP contribution in [0, 0.1) is 0 Å². The summed E-state index contributed by atoms with van der Waals surface area (Å²) in [6.45, 7) is 3.23. The maximum atomic E-state index is 12.8. The van der Waals surface area contributed by atoms with Crippen molar-refractivity contribution in [1.82, 2.24) is 14.2 Å². The lowest BCUT2D eigenvalue weighted by Crippen LogP contribution is -2.39. The predicted octanol–water partition coefficient (Wildman–Crippen LogP) is 0.226. The van der Waals surface area contributed by atoms with Gasteiger partial charge < -0.3 is 5.43 Å². The zero-order valence-corrected chi connectivity index (χ0v) is 12.7. The molecule has 2 fully saturated rings. The Morgan fingerprint density at radius 1 is 1.29 bits per heavy atom. The summed E-state index contributed by atoms with van der Waals surface area (Å²) in [5.41, 5.74) is 2.39. The molecule has 3 rings (SSSR count). The van der Waals surface area contributed by atoms with Crippen LogP contribution < -0.4 is 11.3 Å². The number of fused-ring (bicyclic) bond motifs is 1. The van der Waals surface area contributed by atoms with Gasteiger partial charge in [0.15, 0.2) is 0 Å². The standard InChI is InChI=1S/C13H21N5O2S/c14-16-13-9-12(4-5-15-13)21(19,20)18-8-2-7-17-6-1-3-11(17)10-18/h4-5,9,11H,1-3,6-8,10,14H2,(H,15,16). The van der Waals surface area contributed by atoms with E-state index in [0.29, 0.717) is 24.9 Å². The molecule has 0 aromatic carbocycles. The van der Waals surface area contributed by atoms with Crippen LogP contribution in [0.1, 0.15) is 19.3 Å². The second-order valence-electron chi connectivity index (χ2n) is 5.57. The minimum absolute atomic E-state index is 0.247. The maximum absolute atomic E-state index is 12.8. The number of aromatic nitrogens is 1. The number of nitrogens with two attached hydrogens (primary N) is 1. The fourth-order valence-corrected chi connectivity index (χ4v) is 4.72. The highest BCUT2D eigenvalue weighted by atomic mass is 32.2. The molecular formula is C13H21N5O2S. The van der Waals surface area contributed by atoms with Crippen LogP contribution in [-0.4, -0.2) is 54.8 Å². The quantitative estimate of drug-likeness (QED) is 0.613. The van der Waals surface area contributed by atoms with E-state index in [2.05, 4.69) is 15.3 Å². The molecule has 1 unspecified atom stereocenters. The molecule has 3 heterocycles. The molecule has 0 bridgehead atoms. The maximum Gasteiger partial charge on any atom is 0.243 e. The fraction of sp³-hybridized carbons (Fsp3) is 0.615. The summed E-state index contributed by atoms with van der Waals surface area (Å²) in [5.74, 6) is 5.66. The zero-order valence-electron chi connectivity index (χ0n) is 11.9. The largest absolute Gasteiger partial charge is 0.308 e. The molecule has 2 saturated heterocycles. The normalized spacial score (nSPS) is 24.5. The highest BCUT2D eigenvalue weighted by molar-refractivity contribution is 7.89. The predicted molar refractivity (Wildman–Crippen MR) is 80.0 cm³/mol. The Morgan fingerprint density at radius 2 is 2.10 bits per heavy atom. The highest BCUT2D eigenvalue weighted by Gasteiger charge is 2.34. The van der Waals surface area contributed by atoms with Crippen LogP contribution in [0.3, 0.4) is 0 Å². The average molecular weight is 311 g/mol. The number of hydrazine groups is 1. The van der Waals surface area contributed by atoms with Crippen molar-refractivity contribution in [3.63, 3.8) is 0 Å². The SMILES string of the molecule is NNc1cc(S(=O)(=O)N2CCCN3CCCC3C2)ccn1. The van der Waals surface area contributed by atoms with Crippen molar-refractivity contribution in [3.05, 3.63) is 18.3 Å². The van der Waals surface area contributed by atoms with Gasteiger partial charge in [-0.2, -0.15) is 4.31 Å². The number of anilines is 1. The van der Waals surface area contributed by atoms with Crippen LogP contribution in [0.5, 0.6) is 0 Å². The van der Waals surface area contributed by atoms with Gasteiger partial charge >= 0.3 is 0 Å². The van der Waals surface area contributed by atoms with Crippen molar-refractivity contribution >= 4 is 15.8 Å². The van der Waals surface area contributed by atoms with Crippen LogP contribution in [-0.2, 0) is 10.0 Å². The molecule has 1 atom stereocenters. The highest BCUT2D eigenvalue weighted by Crippen LogP contribution is 2.25. The Bertz CT molecular complexity index is 606. The lowest BCUT2D eigenvalue weighted by molar-refractivity contribution is 0.257. The molecule has 0 saturated carbocycles. The van der Waals surface area contributed by atoms with Crippen LogP contribution >= 0.6 is 0 Å². The van der Waals surface area contributed by atoms with Crippen molar-refractivity contribution in [2.24, 2.45) is 5.84 Å². The summed E-state index contributed by atoms with van der Waals surface area (Å²) in [6, 6.07) is 3.36. The third-order valence-electron chi connectivity index (χ3n) is 4.28. The molecule has 116 valence electrons. The summed E-state index contributed by atoms with van der Waals surface area (Å²) in [4.78, 5) is 6.62. The number of pyridine rings is 1. The average Bonchev–Trinajstić information content (AvgIpc) is 2.84. The molecule has 0 radical (unpaired) electrons. The molecule has 21 heavy (non-hydrogen) atoms. The molecule has 0 amide bonds. The second-order valence-corrected chi connectivity index (χ2v) is 7.51. The first-order valence-corrected chi connectivity index (χ1v) is 8.72. The van der Waals surface area contributed by atoms with Gasteiger partial charge in [-0.1, -0.05) is 0 Å². The Kier molecular flexibility index (Phi) is 4.12. The molecule has 3 N–H and O–H groups in total. The molecule has 1 aromatic heterocycles. The number of nitrogens with zero attached hydrogens (tertiary/aromatic N) is 3. The van der Waals surface area contributed by atoms with E-state index < -0.39 is 10.0 Å². The lowest BCUT2D eigenvalue weighted by atomic mass is 10.2. The van der Waals surface area contributed by atoms with E-state index in [4.69, 9.17) is 5.84 Å². The number of nitrogens with one attached hydrogen (secondary N) is 1. The van der Waals surface area contributed by atoms with Gasteiger partial charge in [0.25, 0.3) is 0 Å². The van der Waals surface area contributed by atoms with Gasteiger partial charge in [0, 0.05) is 31.4 Å². The minimum atomic E-state index is -3.49. The Labute approximate surface area is 125 Å². The molecule has 8 heteroatoms. The van der Waals surface area contributed by atoms with E-state index in [-0.39, 0.29) is 4.90 Å². The first kappa shape index (κ1) is 14.7. The van der Waals surface area contributed by atoms with Gasteiger partial charge in [-0.3, -0.25) is 4.90 Å². The summed E-state index contributed by atoms with van der Waals surface area (Å²) in [5, 5.41) is 0. The molecule has 2 aliphatic rings. The topological polar surface area (TPSA) is 91.6 Å². The molecule has 2 aliphatic heterocycles. The summed E-state index contributed by atoms with van der Waals surface area (Å²) in [7, 11) is -3.49. The smallest absolute Gasteiger partial charge is 0.243 e. The first-order valence-electron chi connectivity index (χ1n) is 7.28. The Morgan fingerprint density at radius 3 is 2.90 bits per heavy atom. The number of rotatable bonds is 3. The van der Waals surface area contributed by atoms with E-state index in [1.165, 1.54) is 18.3 Å². The summed E-state index contributed by atoms with van der Waals surface area (Å²) < 4.78 is 27.2. The van der Waals surface area contributed by atoms with E-state index >= 15 is 0 Å². The van der Waals surface area contributed by atoms with Gasteiger partial charge in [0.1, 0.15) is 5.82 Å². The van der Waals surface area contributed by atoms with E-state index in [1.807, 2.05) is 0 Å². The number of nitrogen functional groups attached to an aromatic ring is 1. The van der Waals surface area contributed by atoms with Gasteiger partial charge in [-0.15, -0.1) is 0 Å². The van der Waals surface area contributed by atoms with E-state index in [0.717, 1.165) is 32.4 Å². The molecule has 0 aliphatic carbocycles. The van der Waals surface area contributed by atoms with Crippen LogP contribution in [0.15, 0.2) is 23.2 Å². The number of sulfonamides is 1. The monoisotopic (exact) mass is 311 g/mol. The van der Waals surface area contributed by atoms with Gasteiger partial charge in [0.05, 0.1) is 4.90 Å². The second kappa shape index (κ2) is 5.88. The fourth-order valence-electron chi connectivity index (χ4n) is 3.19. The van der Waals surface area contributed by atoms with Crippen molar-refractivity contribution in [2.75, 3.05) is 31.6 Å². The first-order chi connectivity index (χ1) is 10.1. The zero-order chi connectivity index (χ0) is 14.9. The summed E-state index contributed by atoms with van der Waals surface area (Å²) in [6.07, 6.45) is 4.58. The molecular weight excluding hydrogens is 290 g/mol. The minimum Gasteiger partial charge on any atom is -0.308 e. The Balaban J connectivity index is 1.86. The molecule has 7 nitrogen and oxygen atoms in total. The van der Waals surface area contributed by atoms with Crippen molar-refractivity contribution in [1.29, 1.82) is 0 Å². The number of hydrogen-bond donors (Lipinski definition) is 2. The van der Waals surface area contributed by atoms with Gasteiger partial charge in [-0.05, 0) is 38.4 Å². The van der Waals surface area contributed by atoms with Crippen LogP contribution in [0.25, 0.3) is 0 Å². The third-order valence-corrected chi connectivity index (χ3v) is 6.14. The molecule has 0 spiro atoms.